The number of rotatable bonds is 14. The Morgan fingerprint density at radius 2 is 1.89 bits per heavy atom. The summed E-state index contributed by atoms with van der Waals surface area (Å²) in [4.78, 5) is 34.6. The van der Waals surface area contributed by atoms with E-state index >= 15 is 0 Å². The minimum Gasteiger partial charge on any atom is -0.369 e. The fraction of sp³-hybridized carbons (Fsp3) is 0.346. The summed E-state index contributed by atoms with van der Waals surface area (Å²) in [5.41, 5.74) is 2.15. The van der Waals surface area contributed by atoms with Crippen molar-refractivity contribution >= 4 is 35.3 Å². The predicted molar refractivity (Wildman–Crippen MR) is 143 cm³/mol. The van der Waals surface area contributed by atoms with Crippen LogP contribution in [0.2, 0.25) is 0 Å². The molecule has 36 heavy (non-hydrogen) atoms. The van der Waals surface area contributed by atoms with Crippen LogP contribution < -0.4 is 21.3 Å². The molecule has 2 amide bonds. The number of benzene rings is 1. The van der Waals surface area contributed by atoms with E-state index in [1.54, 1.807) is 36.5 Å². The molecule has 4 N–H and O–H groups in total. The molecule has 0 bridgehead atoms. The summed E-state index contributed by atoms with van der Waals surface area (Å²) >= 11 is 0. The van der Waals surface area contributed by atoms with Gasteiger partial charge in [-0.1, -0.05) is 25.2 Å². The van der Waals surface area contributed by atoms with Crippen LogP contribution in [0.25, 0.3) is 6.08 Å². The van der Waals surface area contributed by atoms with E-state index in [1.165, 1.54) is 6.08 Å². The van der Waals surface area contributed by atoms with Gasteiger partial charge in [-0.25, -0.2) is 4.98 Å². The van der Waals surface area contributed by atoms with Crippen LogP contribution in [0.3, 0.4) is 0 Å². The van der Waals surface area contributed by atoms with E-state index in [2.05, 4.69) is 44.2 Å². The average molecular weight is 491 g/mol. The average Bonchev–Trinajstić information content (AvgIpc) is 2.86. The first-order valence-corrected chi connectivity index (χ1v) is 11.8. The third kappa shape index (κ3) is 10.8. The number of nitrogens with one attached hydrogen (secondary N) is 4. The van der Waals surface area contributed by atoms with Gasteiger partial charge in [-0.05, 0) is 44.8 Å². The molecule has 0 unspecified atom stereocenters. The normalized spacial score (nSPS) is 11.0. The maximum atomic E-state index is 12.0. The second-order valence-electron chi connectivity index (χ2n) is 8.15. The van der Waals surface area contributed by atoms with Gasteiger partial charge in [0.1, 0.15) is 5.82 Å². The van der Waals surface area contributed by atoms with Gasteiger partial charge >= 0.3 is 0 Å². The topological polar surface area (TPSA) is 135 Å². The van der Waals surface area contributed by atoms with Gasteiger partial charge in [-0.3, -0.25) is 9.59 Å². The lowest BCUT2D eigenvalue weighted by molar-refractivity contribution is -0.121. The molecular weight excluding hydrogens is 456 g/mol. The summed E-state index contributed by atoms with van der Waals surface area (Å²) in [6, 6.07) is 9.13. The fourth-order valence-corrected chi connectivity index (χ4v) is 2.89. The van der Waals surface area contributed by atoms with Crippen molar-refractivity contribution in [1.82, 2.24) is 25.5 Å². The quantitative estimate of drug-likeness (QED) is 0.297. The van der Waals surface area contributed by atoms with Crippen LogP contribution in [0.15, 0.2) is 48.7 Å². The molecule has 1 aromatic heterocycles. The highest BCUT2D eigenvalue weighted by Gasteiger charge is 2.06. The number of nitrogens with zero attached hydrogens (tertiary/aromatic N) is 4. The number of aromatic nitrogens is 2. The number of anilines is 3. The zero-order valence-corrected chi connectivity index (χ0v) is 21.0. The van der Waals surface area contributed by atoms with Crippen molar-refractivity contribution in [2.24, 2.45) is 0 Å². The lowest BCUT2D eigenvalue weighted by atomic mass is 10.2. The third-order valence-electron chi connectivity index (χ3n) is 4.74. The molecule has 0 saturated carbocycles. The summed E-state index contributed by atoms with van der Waals surface area (Å²) < 4.78 is 0. The highest BCUT2D eigenvalue weighted by molar-refractivity contribution is 5.88. The molecule has 2 aromatic rings. The minimum atomic E-state index is -0.214. The van der Waals surface area contributed by atoms with E-state index in [1.807, 2.05) is 31.1 Å². The van der Waals surface area contributed by atoms with Crippen molar-refractivity contribution in [2.75, 3.05) is 50.9 Å². The van der Waals surface area contributed by atoms with Crippen molar-refractivity contribution in [2.45, 2.75) is 19.8 Å². The highest BCUT2D eigenvalue weighted by atomic mass is 16.2. The first-order valence-electron chi connectivity index (χ1n) is 11.8. The van der Waals surface area contributed by atoms with E-state index in [0.29, 0.717) is 30.4 Å². The molecule has 0 radical (unpaired) electrons. The summed E-state index contributed by atoms with van der Waals surface area (Å²) in [6.45, 7) is 4.11. The van der Waals surface area contributed by atoms with E-state index in [9.17, 15) is 9.59 Å². The highest BCUT2D eigenvalue weighted by Crippen LogP contribution is 2.19. The van der Waals surface area contributed by atoms with Gasteiger partial charge in [0.25, 0.3) is 0 Å². The van der Waals surface area contributed by atoms with Crippen molar-refractivity contribution < 1.29 is 9.59 Å². The minimum absolute atomic E-state index is 0.153. The van der Waals surface area contributed by atoms with Crippen LogP contribution in [0.5, 0.6) is 0 Å². The molecule has 190 valence electrons. The van der Waals surface area contributed by atoms with Crippen LogP contribution >= 0.6 is 0 Å². The molecule has 1 aromatic carbocycles. The molecule has 0 aliphatic carbocycles. The van der Waals surface area contributed by atoms with Crippen LogP contribution in [0.4, 0.5) is 17.5 Å². The standard InChI is InChI=1S/C26H34N8O2/c1-4-14-30-25-21(19-31-26(33-25)32-22-11-9-20(18-27)10-12-22)7-5-15-28-24(36)13-16-29-23(35)8-6-17-34(2)3/h5-12,19H,4,13-17H2,1-3H3,(H,28,36)(H,29,35)(H2,30,31,32,33)/b7-5-,8-6+. The summed E-state index contributed by atoms with van der Waals surface area (Å²) in [5.74, 6) is 0.742. The van der Waals surface area contributed by atoms with Gasteiger partial charge in [-0.15, -0.1) is 0 Å². The Bertz CT molecular complexity index is 1090. The van der Waals surface area contributed by atoms with Gasteiger partial charge in [0.15, 0.2) is 0 Å². The fourth-order valence-electron chi connectivity index (χ4n) is 2.89. The van der Waals surface area contributed by atoms with Crippen LogP contribution in [0, 0.1) is 11.3 Å². The molecule has 0 spiro atoms. The number of likely N-dealkylation sites (N-methyl/N-ethyl adjacent to an activating group) is 1. The Hall–Kier alpha value is -4.23. The SMILES string of the molecule is CCCNc1nc(Nc2ccc(C#N)cc2)ncc1/C=C\CNC(=O)CCNC(=O)/C=C/CN(C)C. The van der Waals surface area contributed by atoms with Crippen LogP contribution in [-0.2, 0) is 9.59 Å². The number of carbonyl (C=O) groups excluding carboxylic acids is 2. The van der Waals surface area contributed by atoms with E-state index in [0.717, 1.165) is 24.2 Å². The number of carbonyl (C=O) groups is 2. The maximum absolute atomic E-state index is 12.0. The van der Waals surface area contributed by atoms with Crippen molar-refractivity contribution in [3.05, 3.63) is 59.8 Å². The van der Waals surface area contributed by atoms with Crippen molar-refractivity contribution in [3.63, 3.8) is 0 Å². The third-order valence-corrected chi connectivity index (χ3v) is 4.74. The van der Waals surface area contributed by atoms with Gasteiger partial charge < -0.3 is 26.2 Å². The molecule has 0 saturated heterocycles. The molecule has 0 atom stereocenters. The largest absolute Gasteiger partial charge is 0.369 e. The van der Waals surface area contributed by atoms with Gasteiger partial charge in [-0.2, -0.15) is 10.2 Å². The van der Waals surface area contributed by atoms with Gasteiger partial charge in [0.05, 0.1) is 11.6 Å². The molecule has 10 nitrogen and oxygen atoms in total. The van der Waals surface area contributed by atoms with Crippen molar-refractivity contribution in [1.29, 1.82) is 5.26 Å². The Balaban J connectivity index is 1.85. The lowest BCUT2D eigenvalue weighted by Gasteiger charge is -2.11. The molecular formula is C26H34N8O2. The Morgan fingerprint density at radius 3 is 2.58 bits per heavy atom. The van der Waals surface area contributed by atoms with E-state index in [4.69, 9.17) is 5.26 Å². The van der Waals surface area contributed by atoms with E-state index < -0.39 is 0 Å². The second kappa shape index (κ2) is 15.6. The molecule has 0 aliphatic rings. The monoisotopic (exact) mass is 490 g/mol. The second-order valence-corrected chi connectivity index (χ2v) is 8.15. The van der Waals surface area contributed by atoms with Gasteiger partial charge in [0, 0.05) is 56.1 Å². The predicted octanol–water partition coefficient (Wildman–Crippen LogP) is 2.67. The Morgan fingerprint density at radius 1 is 1.11 bits per heavy atom. The molecule has 0 aliphatic heterocycles. The smallest absolute Gasteiger partial charge is 0.243 e. The molecule has 2 rings (SSSR count). The summed E-state index contributed by atoms with van der Waals surface area (Å²) in [7, 11) is 3.84. The first-order chi connectivity index (χ1) is 17.4. The first kappa shape index (κ1) is 28.0. The number of nitriles is 1. The van der Waals surface area contributed by atoms with Gasteiger partial charge in [0.2, 0.25) is 17.8 Å². The number of hydrogen-bond acceptors (Lipinski definition) is 8. The van der Waals surface area contributed by atoms with Crippen LogP contribution in [-0.4, -0.2) is 67.0 Å². The lowest BCUT2D eigenvalue weighted by Crippen LogP contribution is -2.30. The summed E-state index contributed by atoms with van der Waals surface area (Å²) in [5, 5.41) is 20.9. The zero-order valence-electron chi connectivity index (χ0n) is 21.0. The number of hydrogen-bond donors (Lipinski definition) is 4. The van der Waals surface area contributed by atoms with Crippen molar-refractivity contribution in [3.8, 4) is 6.07 Å². The van der Waals surface area contributed by atoms with E-state index in [-0.39, 0.29) is 24.8 Å². The molecule has 0 fully saturated rings. The Labute approximate surface area is 212 Å². The number of amides is 2. The maximum Gasteiger partial charge on any atom is 0.243 e. The Kier molecular flexibility index (Phi) is 12.2. The zero-order chi connectivity index (χ0) is 26.2. The van der Waals surface area contributed by atoms with Crippen LogP contribution in [0.1, 0.15) is 30.9 Å². The summed E-state index contributed by atoms with van der Waals surface area (Å²) in [6.07, 6.45) is 9.74. The molecule has 1 heterocycles. The molecule has 10 heteroatoms.